The number of hydrogen-bond acceptors (Lipinski definition) is 5. The molecule has 0 unspecified atom stereocenters. The van der Waals surface area contributed by atoms with Gasteiger partial charge in [0.1, 0.15) is 34.0 Å². The minimum absolute atomic E-state index is 0.0259. The Balaban J connectivity index is 1.57. The molecule has 6 nitrogen and oxygen atoms in total. The molecule has 0 spiro atoms. The summed E-state index contributed by atoms with van der Waals surface area (Å²) in [4.78, 5) is 29.9. The molecule has 37 heavy (non-hydrogen) atoms. The lowest BCUT2D eigenvalue weighted by Gasteiger charge is -2.43. The second kappa shape index (κ2) is 9.73. The lowest BCUT2D eigenvalue weighted by molar-refractivity contribution is -0.243. The summed E-state index contributed by atoms with van der Waals surface area (Å²) in [6, 6.07) is 10.5. The van der Waals surface area contributed by atoms with Gasteiger partial charge in [0, 0.05) is 5.56 Å². The summed E-state index contributed by atoms with van der Waals surface area (Å²) >= 11 is 0.901. The first-order chi connectivity index (χ1) is 17.3. The Kier molecular flexibility index (Phi) is 6.97. The SMILES string of the molecule is CC(C)(NC(=O)C1(C(F)(F)F)CCC1)C(=O)Nc1nc(-c2ccc(F)cc2)c(Oc2ccc(F)cc2)s1. The third-order valence-corrected chi connectivity index (χ3v) is 6.99. The Morgan fingerprint density at radius 1 is 0.973 bits per heavy atom. The van der Waals surface area contributed by atoms with Crippen molar-refractivity contribution < 1.29 is 36.3 Å². The molecule has 2 N–H and O–H groups in total. The van der Waals surface area contributed by atoms with Crippen molar-refractivity contribution in [3.05, 3.63) is 60.2 Å². The van der Waals surface area contributed by atoms with Gasteiger partial charge >= 0.3 is 6.18 Å². The monoisotopic (exact) mass is 539 g/mol. The quantitative estimate of drug-likeness (QED) is 0.339. The van der Waals surface area contributed by atoms with Crippen LogP contribution in [0.3, 0.4) is 0 Å². The second-order valence-corrected chi connectivity index (χ2v) is 10.1. The fourth-order valence-corrected chi connectivity index (χ4v) is 4.57. The Morgan fingerprint density at radius 3 is 2.05 bits per heavy atom. The van der Waals surface area contributed by atoms with Crippen molar-refractivity contribution in [2.75, 3.05) is 5.32 Å². The van der Waals surface area contributed by atoms with Crippen molar-refractivity contribution in [1.82, 2.24) is 10.3 Å². The molecule has 1 aliphatic rings. The van der Waals surface area contributed by atoms with Gasteiger partial charge in [0.2, 0.25) is 11.0 Å². The van der Waals surface area contributed by atoms with Crippen molar-refractivity contribution in [1.29, 1.82) is 0 Å². The van der Waals surface area contributed by atoms with Gasteiger partial charge in [0.05, 0.1) is 0 Å². The third kappa shape index (κ3) is 5.43. The van der Waals surface area contributed by atoms with E-state index in [9.17, 15) is 31.5 Å². The normalized spacial score (nSPS) is 15.0. The van der Waals surface area contributed by atoms with Gasteiger partial charge in [-0.25, -0.2) is 13.8 Å². The summed E-state index contributed by atoms with van der Waals surface area (Å²) in [6.45, 7) is 2.57. The van der Waals surface area contributed by atoms with E-state index in [4.69, 9.17) is 4.74 Å². The minimum Gasteiger partial charge on any atom is -0.444 e. The van der Waals surface area contributed by atoms with Gasteiger partial charge in [0.15, 0.2) is 5.13 Å². The zero-order valence-electron chi connectivity index (χ0n) is 19.7. The van der Waals surface area contributed by atoms with E-state index in [1.54, 1.807) is 0 Å². The van der Waals surface area contributed by atoms with E-state index in [2.05, 4.69) is 15.6 Å². The molecular formula is C25H22F5N3O3S. The van der Waals surface area contributed by atoms with Gasteiger partial charge in [-0.3, -0.25) is 14.9 Å². The van der Waals surface area contributed by atoms with Gasteiger partial charge < -0.3 is 10.1 Å². The third-order valence-electron chi connectivity index (χ3n) is 6.14. The van der Waals surface area contributed by atoms with Crippen molar-refractivity contribution in [3.8, 4) is 22.1 Å². The molecule has 0 atom stereocenters. The maximum absolute atomic E-state index is 13.5. The fourth-order valence-electron chi connectivity index (χ4n) is 3.71. The summed E-state index contributed by atoms with van der Waals surface area (Å²) in [6.07, 6.45) is -5.13. The summed E-state index contributed by atoms with van der Waals surface area (Å²) in [5.74, 6) is -2.73. The van der Waals surface area contributed by atoms with E-state index in [1.165, 1.54) is 62.4 Å². The molecule has 1 aromatic heterocycles. The Hall–Kier alpha value is -3.54. The van der Waals surface area contributed by atoms with Crippen LogP contribution < -0.4 is 15.4 Å². The molecule has 2 aromatic carbocycles. The van der Waals surface area contributed by atoms with Gasteiger partial charge in [-0.1, -0.05) is 17.8 Å². The molecule has 12 heteroatoms. The highest BCUT2D eigenvalue weighted by atomic mass is 32.1. The van der Waals surface area contributed by atoms with E-state index in [1.807, 2.05) is 0 Å². The molecule has 196 valence electrons. The first kappa shape index (κ1) is 26.5. The average Bonchev–Trinajstić information content (AvgIpc) is 3.15. The van der Waals surface area contributed by atoms with E-state index in [0.29, 0.717) is 5.56 Å². The topological polar surface area (TPSA) is 80.3 Å². The number of aromatic nitrogens is 1. The highest BCUT2D eigenvalue weighted by Crippen LogP contribution is 2.53. The number of benzene rings is 2. The van der Waals surface area contributed by atoms with Crippen LogP contribution in [0.2, 0.25) is 0 Å². The number of nitrogens with one attached hydrogen (secondary N) is 2. The predicted molar refractivity (Wildman–Crippen MR) is 127 cm³/mol. The van der Waals surface area contributed by atoms with Crippen LogP contribution >= 0.6 is 11.3 Å². The van der Waals surface area contributed by atoms with E-state index >= 15 is 0 Å². The number of carbonyl (C=O) groups excluding carboxylic acids is 2. The number of anilines is 1. The van der Waals surface area contributed by atoms with E-state index < -0.39 is 40.6 Å². The number of amides is 2. The standard InChI is InChI=1S/C25H22F5N3O3S/c1-23(2,33-21(35)24(12-3-13-24)25(28,29)30)20(34)32-22-31-18(14-4-6-15(26)7-5-14)19(37-22)36-17-10-8-16(27)9-11-17/h4-11H,3,12-13H2,1-2H3,(H,33,35)(H,31,32,34). The number of halogens is 5. The van der Waals surface area contributed by atoms with Crippen LogP contribution in [0, 0.1) is 17.0 Å². The summed E-state index contributed by atoms with van der Waals surface area (Å²) in [5, 5.41) is 4.96. The highest BCUT2D eigenvalue weighted by molar-refractivity contribution is 7.18. The van der Waals surface area contributed by atoms with Crippen molar-refractivity contribution in [2.45, 2.75) is 44.8 Å². The van der Waals surface area contributed by atoms with Crippen LogP contribution in [0.5, 0.6) is 10.8 Å². The lowest BCUT2D eigenvalue weighted by Crippen LogP contribution is -2.61. The molecule has 1 fully saturated rings. The van der Waals surface area contributed by atoms with Crippen LogP contribution in [0.4, 0.5) is 27.1 Å². The van der Waals surface area contributed by atoms with Crippen LogP contribution in [-0.4, -0.2) is 28.5 Å². The molecular weight excluding hydrogens is 517 g/mol. The number of alkyl halides is 3. The molecule has 0 aliphatic heterocycles. The first-order valence-corrected chi connectivity index (χ1v) is 12.0. The van der Waals surface area contributed by atoms with Crippen molar-refractivity contribution in [2.24, 2.45) is 5.41 Å². The Bertz CT molecular complexity index is 1300. The predicted octanol–water partition coefficient (Wildman–Crippen LogP) is 6.45. The molecule has 1 saturated carbocycles. The molecule has 0 saturated heterocycles. The smallest absolute Gasteiger partial charge is 0.403 e. The number of thiazole rings is 1. The van der Waals surface area contributed by atoms with E-state index in [-0.39, 0.29) is 40.9 Å². The van der Waals surface area contributed by atoms with E-state index in [0.717, 1.165) is 11.3 Å². The number of hydrogen-bond donors (Lipinski definition) is 2. The van der Waals surface area contributed by atoms with Crippen LogP contribution in [0.15, 0.2) is 48.5 Å². The number of carbonyl (C=O) groups is 2. The van der Waals surface area contributed by atoms with Crippen LogP contribution in [0.1, 0.15) is 33.1 Å². The first-order valence-electron chi connectivity index (χ1n) is 11.2. The number of nitrogens with zero attached hydrogens (tertiary/aromatic N) is 1. The largest absolute Gasteiger partial charge is 0.444 e. The molecule has 4 rings (SSSR count). The number of rotatable bonds is 7. The molecule has 2 amide bonds. The molecule has 1 heterocycles. The zero-order chi connectivity index (χ0) is 27.0. The van der Waals surface area contributed by atoms with Crippen molar-refractivity contribution >= 4 is 28.3 Å². The summed E-state index contributed by atoms with van der Waals surface area (Å²) in [5.41, 5.74) is -3.50. The average molecular weight is 540 g/mol. The molecule has 0 radical (unpaired) electrons. The minimum atomic E-state index is -4.73. The van der Waals surface area contributed by atoms with Gasteiger partial charge in [-0.05, 0) is 75.2 Å². The Morgan fingerprint density at radius 2 is 1.54 bits per heavy atom. The molecule has 1 aliphatic carbocycles. The van der Waals surface area contributed by atoms with Crippen molar-refractivity contribution in [3.63, 3.8) is 0 Å². The maximum atomic E-state index is 13.5. The van der Waals surface area contributed by atoms with Crippen LogP contribution in [-0.2, 0) is 9.59 Å². The zero-order valence-corrected chi connectivity index (χ0v) is 20.5. The highest BCUT2D eigenvalue weighted by Gasteiger charge is 2.64. The molecule has 3 aromatic rings. The Labute approximate surface area is 212 Å². The second-order valence-electron chi connectivity index (χ2n) is 9.18. The molecule has 0 bridgehead atoms. The lowest BCUT2D eigenvalue weighted by atomic mass is 9.67. The van der Waals surface area contributed by atoms with Gasteiger partial charge in [-0.15, -0.1) is 0 Å². The van der Waals surface area contributed by atoms with Gasteiger partial charge in [0.25, 0.3) is 5.91 Å². The van der Waals surface area contributed by atoms with Crippen LogP contribution in [0.25, 0.3) is 11.3 Å². The fraction of sp³-hybridized carbons (Fsp3) is 0.320. The number of ether oxygens (including phenoxy) is 1. The van der Waals surface area contributed by atoms with Gasteiger partial charge in [-0.2, -0.15) is 13.2 Å². The summed E-state index contributed by atoms with van der Waals surface area (Å²) in [7, 11) is 0. The summed E-state index contributed by atoms with van der Waals surface area (Å²) < 4.78 is 73.1. The maximum Gasteiger partial charge on any atom is 0.403 e.